The molecule has 2 aliphatic rings. The van der Waals surface area contributed by atoms with Crippen LogP contribution < -0.4 is 0 Å². The molecule has 2 radical (unpaired) electrons. The van der Waals surface area contributed by atoms with Crippen molar-refractivity contribution in [1.82, 2.24) is 0 Å². The summed E-state index contributed by atoms with van der Waals surface area (Å²) in [6.07, 6.45) is 1.88. The zero-order chi connectivity index (χ0) is 21.1. The molecule has 2 unspecified atom stereocenters. The predicted molar refractivity (Wildman–Crippen MR) is 129 cm³/mol. The van der Waals surface area contributed by atoms with Crippen molar-refractivity contribution in [2.24, 2.45) is 0 Å². The summed E-state index contributed by atoms with van der Waals surface area (Å²) in [6.45, 7) is 13.3. The standard InChI is InChI=1S/C26H28Cl2Si.Zr/c1-7-19-17(5)23-15(3)11-9-13-21(23)25(19,27)29-26(28)20(8-2)18(6)24-16(4)12-10-14-22(24)26;/h9-14H,7-8H2,1-6H3;. The van der Waals surface area contributed by atoms with Crippen molar-refractivity contribution in [2.45, 2.75) is 63.4 Å². The Kier molecular flexibility index (Phi) is 6.88. The molecule has 2 aliphatic carbocycles. The number of hydrogen-bond acceptors (Lipinski definition) is 0. The van der Waals surface area contributed by atoms with E-state index in [1.54, 1.807) is 0 Å². The second kappa shape index (κ2) is 8.51. The first-order valence-electron chi connectivity index (χ1n) is 10.5. The Morgan fingerprint density at radius 2 is 1.07 bits per heavy atom. The van der Waals surface area contributed by atoms with E-state index in [-0.39, 0.29) is 26.2 Å². The summed E-state index contributed by atoms with van der Waals surface area (Å²) < 4.78 is -1.10. The van der Waals surface area contributed by atoms with Crippen LogP contribution >= 0.6 is 23.2 Å². The molecule has 0 nitrogen and oxygen atoms in total. The van der Waals surface area contributed by atoms with Crippen LogP contribution in [-0.4, -0.2) is 9.52 Å². The number of rotatable bonds is 4. The third kappa shape index (κ3) is 3.24. The average Bonchev–Trinajstić information content (AvgIpc) is 3.02. The van der Waals surface area contributed by atoms with E-state index >= 15 is 0 Å². The van der Waals surface area contributed by atoms with E-state index in [2.05, 4.69) is 77.9 Å². The molecule has 0 aromatic heterocycles. The summed E-state index contributed by atoms with van der Waals surface area (Å²) in [5.74, 6) is 0. The van der Waals surface area contributed by atoms with Gasteiger partial charge in [-0.25, -0.2) is 0 Å². The quantitative estimate of drug-likeness (QED) is 0.279. The van der Waals surface area contributed by atoms with E-state index in [4.69, 9.17) is 23.2 Å². The molecule has 0 N–H and O–H groups in total. The largest absolute Gasteiger partial charge is 0.118 e. The Balaban J connectivity index is 0.00000256. The first-order chi connectivity index (χ1) is 13.7. The van der Waals surface area contributed by atoms with Gasteiger partial charge in [-0.3, -0.25) is 0 Å². The summed E-state index contributed by atoms with van der Waals surface area (Å²) in [4.78, 5) is 0. The minimum absolute atomic E-state index is 0. The van der Waals surface area contributed by atoms with Gasteiger partial charge in [-0.1, -0.05) is 50.2 Å². The maximum absolute atomic E-state index is 7.63. The Morgan fingerprint density at radius 3 is 1.40 bits per heavy atom. The summed E-state index contributed by atoms with van der Waals surface area (Å²) >= 11 is 15.3. The number of alkyl halides is 2. The van der Waals surface area contributed by atoms with Gasteiger partial charge in [0, 0.05) is 26.2 Å². The van der Waals surface area contributed by atoms with E-state index in [1.807, 2.05) is 0 Å². The van der Waals surface area contributed by atoms with Crippen LogP contribution in [0.3, 0.4) is 0 Å². The van der Waals surface area contributed by atoms with Crippen LogP contribution in [0.4, 0.5) is 0 Å². The van der Waals surface area contributed by atoms with Crippen LogP contribution in [0.25, 0.3) is 11.1 Å². The smallest absolute Gasteiger partial charge is 0.114 e. The van der Waals surface area contributed by atoms with Crippen LogP contribution in [0, 0.1) is 13.8 Å². The first-order valence-corrected chi connectivity index (χ1v) is 12.2. The molecule has 154 valence electrons. The van der Waals surface area contributed by atoms with Crippen molar-refractivity contribution >= 4 is 43.9 Å². The van der Waals surface area contributed by atoms with Gasteiger partial charge in [-0.05, 0) is 96.2 Å². The molecule has 2 atom stereocenters. The number of allylic oxidation sites excluding steroid dienone is 4. The molecule has 4 rings (SSSR count). The first kappa shape index (κ1) is 24.2. The van der Waals surface area contributed by atoms with Crippen molar-refractivity contribution in [2.75, 3.05) is 0 Å². The zero-order valence-electron chi connectivity index (χ0n) is 18.6. The van der Waals surface area contributed by atoms with Gasteiger partial charge >= 0.3 is 0 Å². The zero-order valence-corrected chi connectivity index (χ0v) is 23.6. The van der Waals surface area contributed by atoms with E-state index < -0.39 is 8.99 Å². The van der Waals surface area contributed by atoms with Crippen LogP contribution in [-0.2, 0) is 35.2 Å². The van der Waals surface area contributed by atoms with Crippen molar-refractivity contribution in [3.63, 3.8) is 0 Å². The van der Waals surface area contributed by atoms with Gasteiger partial charge in [0.15, 0.2) is 0 Å². The molecule has 0 spiro atoms. The molecule has 0 bridgehead atoms. The molecule has 4 heteroatoms. The molecular formula is C26H28Cl2SiZr. The normalized spacial score (nSPS) is 24.8. The Labute approximate surface area is 213 Å². The summed E-state index contributed by atoms with van der Waals surface area (Å²) in [7, 11) is 0.333. The number of halogens is 2. The number of benzene rings is 2. The average molecular weight is 531 g/mol. The summed E-state index contributed by atoms with van der Waals surface area (Å²) in [5, 5.41) is 0. The van der Waals surface area contributed by atoms with Crippen LogP contribution in [0.2, 0.25) is 0 Å². The molecule has 0 aliphatic heterocycles. The van der Waals surface area contributed by atoms with E-state index in [9.17, 15) is 0 Å². The second-order valence-electron chi connectivity index (χ2n) is 8.35. The van der Waals surface area contributed by atoms with Gasteiger partial charge in [-0.15, -0.1) is 23.2 Å². The number of hydrogen-bond donors (Lipinski definition) is 0. The molecule has 0 saturated heterocycles. The Bertz CT molecular complexity index is 999. The topological polar surface area (TPSA) is 0 Å². The summed E-state index contributed by atoms with van der Waals surface area (Å²) in [6, 6.07) is 13.1. The molecule has 2 aromatic carbocycles. The molecule has 0 heterocycles. The van der Waals surface area contributed by atoms with Crippen LogP contribution in [0.1, 0.15) is 73.9 Å². The van der Waals surface area contributed by atoms with Crippen molar-refractivity contribution in [3.05, 3.63) is 80.9 Å². The van der Waals surface area contributed by atoms with Gasteiger partial charge in [0.05, 0.1) is 8.99 Å². The fourth-order valence-electron chi connectivity index (χ4n) is 5.59. The molecule has 0 saturated carbocycles. The van der Waals surface area contributed by atoms with Crippen LogP contribution in [0.15, 0.2) is 47.5 Å². The molecule has 30 heavy (non-hydrogen) atoms. The fourth-order valence-corrected chi connectivity index (χ4v) is 9.64. The Morgan fingerprint density at radius 1 is 0.700 bits per heavy atom. The van der Waals surface area contributed by atoms with Gasteiger partial charge in [-0.2, -0.15) is 0 Å². The molecule has 0 fully saturated rings. The minimum Gasteiger partial charge on any atom is -0.114 e. The summed E-state index contributed by atoms with van der Waals surface area (Å²) in [5.41, 5.74) is 13.1. The van der Waals surface area contributed by atoms with E-state index in [0.29, 0.717) is 9.52 Å². The third-order valence-corrected chi connectivity index (χ3v) is 10.1. The predicted octanol–water partition coefficient (Wildman–Crippen LogP) is 7.88. The van der Waals surface area contributed by atoms with Gasteiger partial charge in [0.1, 0.15) is 9.52 Å². The number of fused-ring (bicyclic) bond motifs is 2. The van der Waals surface area contributed by atoms with E-state index in [1.165, 1.54) is 55.7 Å². The minimum atomic E-state index is -0.548. The van der Waals surface area contributed by atoms with E-state index in [0.717, 1.165) is 12.8 Å². The maximum Gasteiger partial charge on any atom is 0.118 e. The third-order valence-electron chi connectivity index (χ3n) is 6.83. The van der Waals surface area contributed by atoms with Gasteiger partial charge in [0.25, 0.3) is 0 Å². The Hall–Kier alpha value is -0.400. The molecule has 0 amide bonds. The number of aryl methyl sites for hydroxylation is 2. The van der Waals surface area contributed by atoms with Gasteiger partial charge in [0.2, 0.25) is 0 Å². The maximum atomic E-state index is 7.63. The monoisotopic (exact) mass is 528 g/mol. The fraction of sp³-hybridized carbons (Fsp3) is 0.385. The van der Waals surface area contributed by atoms with Crippen molar-refractivity contribution in [1.29, 1.82) is 0 Å². The van der Waals surface area contributed by atoms with Crippen molar-refractivity contribution < 1.29 is 26.2 Å². The SMILES string of the molecule is CCC1=C(C)c2c(C)cccc2C1(Cl)[Si]C1(Cl)C(CC)=C(C)c2c(C)cccc21.[Zr]. The second-order valence-corrected chi connectivity index (χ2v) is 11.9. The van der Waals surface area contributed by atoms with Crippen molar-refractivity contribution in [3.8, 4) is 0 Å². The molecular weight excluding hydrogens is 503 g/mol. The molecule has 2 aromatic rings. The van der Waals surface area contributed by atoms with Crippen LogP contribution in [0.5, 0.6) is 0 Å². The van der Waals surface area contributed by atoms with Gasteiger partial charge < -0.3 is 0 Å².